The quantitative estimate of drug-likeness (QED) is 0.616. The summed E-state index contributed by atoms with van der Waals surface area (Å²) in [6.07, 6.45) is 4.41. The summed E-state index contributed by atoms with van der Waals surface area (Å²) < 4.78 is 0. The number of nitrogens with one attached hydrogen (secondary N) is 1. The van der Waals surface area contributed by atoms with Crippen molar-refractivity contribution in [2.45, 2.75) is 60.5 Å². The molecule has 0 aromatic carbocycles. The van der Waals surface area contributed by atoms with Gasteiger partial charge in [0.2, 0.25) is 0 Å². The zero-order chi connectivity index (χ0) is 16.4. The van der Waals surface area contributed by atoms with E-state index in [0.29, 0.717) is 11.8 Å². The molecule has 7 heteroatoms. The number of hydrazine groups is 1. The largest absolute Gasteiger partial charge is 0.385 e. The Morgan fingerprint density at radius 2 is 1.96 bits per heavy atom. The fourth-order valence-corrected chi connectivity index (χ4v) is 6.31. The molecule has 0 aromatic rings. The van der Waals surface area contributed by atoms with Crippen molar-refractivity contribution in [3.8, 4) is 0 Å². The molecule has 8 unspecified atom stereocenters. The van der Waals surface area contributed by atoms with Crippen molar-refractivity contribution in [2.24, 2.45) is 28.5 Å². The van der Waals surface area contributed by atoms with Crippen LogP contribution in [-0.2, 0) is 0 Å². The lowest BCUT2D eigenvalue weighted by molar-refractivity contribution is -0.0643. The van der Waals surface area contributed by atoms with E-state index in [1.54, 1.807) is 0 Å². The minimum absolute atomic E-state index is 0.00414. The first kappa shape index (κ1) is 16.4. The minimum Gasteiger partial charge on any atom is -0.385 e. The van der Waals surface area contributed by atoms with Crippen LogP contribution in [0, 0.1) is 17.8 Å². The molecule has 4 aliphatic rings. The van der Waals surface area contributed by atoms with Crippen LogP contribution in [0.1, 0.15) is 32.1 Å². The fourth-order valence-electron chi connectivity index (χ4n) is 5.57. The SMILES string of the molecule is CN1NCC2CC(Cl)CC(C3(O)C(N)=NC4CCC(Cl)CC43)C21. The van der Waals surface area contributed by atoms with Gasteiger partial charge in [0.1, 0.15) is 11.4 Å². The number of fused-ring (bicyclic) bond motifs is 2. The number of aliphatic hydroxyl groups is 1. The third kappa shape index (κ3) is 2.43. The molecule has 2 heterocycles. The Hall–Kier alpha value is -0.0700. The van der Waals surface area contributed by atoms with Crippen molar-refractivity contribution in [1.82, 2.24) is 10.4 Å². The lowest BCUT2D eigenvalue weighted by Crippen LogP contribution is -2.62. The second kappa shape index (κ2) is 5.73. The molecule has 0 spiro atoms. The third-order valence-electron chi connectivity index (χ3n) is 6.61. The Morgan fingerprint density at radius 1 is 1.22 bits per heavy atom. The number of amidine groups is 1. The van der Waals surface area contributed by atoms with Gasteiger partial charge in [0.15, 0.2) is 0 Å². The molecular formula is C16H26Cl2N4O. The molecule has 1 saturated heterocycles. The maximum Gasteiger partial charge on any atom is 0.130 e. The maximum atomic E-state index is 11.8. The Kier molecular flexibility index (Phi) is 4.09. The van der Waals surface area contributed by atoms with E-state index in [-0.39, 0.29) is 34.7 Å². The van der Waals surface area contributed by atoms with Gasteiger partial charge in [-0.3, -0.25) is 10.4 Å². The van der Waals surface area contributed by atoms with Gasteiger partial charge >= 0.3 is 0 Å². The van der Waals surface area contributed by atoms with Crippen LogP contribution >= 0.6 is 23.2 Å². The highest BCUT2D eigenvalue weighted by molar-refractivity contribution is 6.21. The van der Waals surface area contributed by atoms with Gasteiger partial charge in [0.25, 0.3) is 0 Å². The number of alkyl halides is 2. The van der Waals surface area contributed by atoms with Crippen LogP contribution in [0.15, 0.2) is 4.99 Å². The van der Waals surface area contributed by atoms with Crippen molar-refractivity contribution in [1.29, 1.82) is 0 Å². The summed E-state index contributed by atoms with van der Waals surface area (Å²) in [4.78, 5) is 4.64. The highest BCUT2D eigenvalue weighted by Crippen LogP contribution is 2.51. The molecule has 0 bridgehead atoms. The Morgan fingerprint density at radius 3 is 2.74 bits per heavy atom. The molecule has 8 atom stereocenters. The molecule has 0 radical (unpaired) electrons. The van der Waals surface area contributed by atoms with Gasteiger partial charge in [-0.25, -0.2) is 5.01 Å². The van der Waals surface area contributed by atoms with Crippen molar-refractivity contribution < 1.29 is 5.11 Å². The van der Waals surface area contributed by atoms with Crippen molar-refractivity contribution in [3.63, 3.8) is 0 Å². The van der Waals surface area contributed by atoms with Gasteiger partial charge in [0.05, 0.1) is 6.04 Å². The van der Waals surface area contributed by atoms with E-state index in [1.807, 2.05) is 0 Å². The van der Waals surface area contributed by atoms with Crippen LogP contribution in [0.2, 0.25) is 0 Å². The predicted octanol–water partition coefficient (Wildman–Crippen LogP) is 1.32. The van der Waals surface area contributed by atoms with Crippen LogP contribution in [0.5, 0.6) is 0 Å². The van der Waals surface area contributed by atoms with Gasteiger partial charge in [-0.2, -0.15) is 0 Å². The average molecular weight is 361 g/mol. The van der Waals surface area contributed by atoms with Gasteiger partial charge in [-0.15, -0.1) is 23.2 Å². The smallest absolute Gasteiger partial charge is 0.130 e. The summed E-state index contributed by atoms with van der Waals surface area (Å²) in [5.41, 5.74) is 8.63. The summed E-state index contributed by atoms with van der Waals surface area (Å²) in [6.45, 7) is 0.917. The lowest BCUT2D eigenvalue weighted by atomic mass is 9.62. The predicted molar refractivity (Wildman–Crippen MR) is 92.8 cm³/mol. The fraction of sp³-hybridized carbons (Fsp3) is 0.938. The van der Waals surface area contributed by atoms with Gasteiger partial charge < -0.3 is 10.8 Å². The molecule has 23 heavy (non-hydrogen) atoms. The third-order valence-corrected chi connectivity index (χ3v) is 7.36. The van der Waals surface area contributed by atoms with Crippen LogP contribution in [0.3, 0.4) is 0 Å². The van der Waals surface area contributed by atoms with E-state index < -0.39 is 5.60 Å². The molecular weight excluding hydrogens is 335 g/mol. The summed E-state index contributed by atoms with van der Waals surface area (Å²) >= 11 is 13.0. The number of nitrogens with zero attached hydrogens (tertiary/aromatic N) is 2. The minimum atomic E-state index is -1.07. The average Bonchev–Trinajstić information content (AvgIpc) is 2.99. The van der Waals surface area contributed by atoms with E-state index in [0.717, 1.165) is 38.6 Å². The second-order valence-corrected chi connectivity index (χ2v) is 9.06. The standard InChI is InChI=1S/C16H26Cl2N4O/c1-22-14-8(7-20-22)4-10(18)6-12(14)16(23)11-5-9(17)2-3-13(11)21-15(16)19/h8-14,20,23H,2-7H2,1H3,(H2,19,21). The Balaban J connectivity index is 1.70. The van der Waals surface area contributed by atoms with Crippen molar-refractivity contribution in [2.75, 3.05) is 13.6 Å². The van der Waals surface area contributed by atoms with E-state index in [4.69, 9.17) is 28.9 Å². The van der Waals surface area contributed by atoms with E-state index in [1.165, 1.54) is 0 Å². The summed E-state index contributed by atoms with van der Waals surface area (Å²) in [7, 11) is 2.06. The molecule has 3 fully saturated rings. The molecule has 2 aliphatic carbocycles. The summed E-state index contributed by atoms with van der Waals surface area (Å²) in [5, 5.41) is 14.1. The number of nitrogens with two attached hydrogens (primary N) is 1. The van der Waals surface area contributed by atoms with Crippen LogP contribution < -0.4 is 11.2 Å². The zero-order valence-corrected chi connectivity index (χ0v) is 15.0. The lowest BCUT2D eigenvalue weighted by Gasteiger charge is -2.49. The number of aliphatic imine (C=N–C) groups is 1. The van der Waals surface area contributed by atoms with E-state index >= 15 is 0 Å². The van der Waals surface area contributed by atoms with E-state index in [9.17, 15) is 5.11 Å². The highest BCUT2D eigenvalue weighted by atomic mass is 35.5. The first-order chi connectivity index (χ1) is 10.9. The molecule has 0 aromatic heterocycles. The molecule has 130 valence electrons. The number of rotatable bonds is 1. The molecule has 4 rings (SSSR count). The maximum absolute atomic E-state index is 11.8. The zero-order valence-electron chi connectivity index (χ0n) is 13.5. The number of halogens is 2. The Bertz CT molecular complexity index is 518. The van der Waals surface area contributed by atoms with Gasteiger partial charge in [-0.1, -0.05) is 0 Å². The molecule has 4 N–H and O–H groups in total. The molecule has 2 aliphatic heterocycles. The van der Waals surface area contributed by atoms with Gasteiger partial charge in [-0.05, 0) is 38.0 Å². The summed E-state index contributed by atoms with van der Waals surface area (Å²) in [5.74, 6) is 0.894. The molecule has 0 amide bonds. The van der Waals surface area contributed by atoms with Gasteiger partial charge in [0, 0.05) is 42.2 Å². The van der Waals surface area contributed by atoms with Crippen molar-refractivity contribution in [3.05, 3.63) is 0 Å². The highest BCUT2D eigenvalue weighted by Gasteiger charge is 2.61. The normalized spacial score (nSPS) is 53.7. The van der Waals surface area contributed by atoms with Crippen LogP contribution in [0.25, 0.3) is 0 Å². The van der Waals surface area contributed by atoms with Crippen molar-refractivity contribution >= 4 is 29.0 Å². The number of hydrogen-bond donors (Lipinski definition) is 3. The number of hydrogen-bond acceptors (Lipinski definition) is 5. The molecule has 5 nitrogen and oxygen atoms in total. The summed E-state index contributed by atoms with van der Waals surface area (Å²) in [6, 6.07) is 0.363. The first-order valence-corrected chi connectivity index (χ1v) is 9.59. The first-order valence-electron chi connectivity index (χ1n) is 8.71. The molecule has 2 saturated carbocycles. The van der Waals surface area contributed by atoms with Crippen LogP contribution in [0.4, 0.5) is 0 Å². The second-order valence-electron chi connectivity index (χ2n) is 7.82. The topological polar surface area (TPSA) is 73.9 Å². The van der Waals surface area contributed by atoms with Crippen LogP contribution in [-0.4, -0.2) is 58.0 Å². The Labute approximate surface area is 147 Å². The monoisotopic (exact) mass is 360 g/mol. The van der Waals surface area contributed by atoms with E-state index in [2.05, 4.69) is 22.5 Å².